The molecule has 0 aromatic carbocycles. The van der Waals surface area contributed by atoms with Crippen molar-refractivity contribution in [2.75, 3.05) is 0 Å². The molecular formula is C7H10N2O. The Hall–Kier alpha value is -0.830. The van der Waals surface area contributed by atoms with Gasteiger partial charge in [-0.25, -0.2) is 0 Å². The Morgan fingerprint density at radius 3 is 3.40 bits per heavy atom. The Kier molecular flexibility index (Phi) is 1.24. The summed E-state index contributed by atoms with van der Waals surface area (Å²) in [5.41, 5.74) is 2.03. The van der Waals surface area contributed by atoms with Crippen molar-refractivity contribution in [1.29, 1.82) is 0 Å². The van der Waals surface area contributed by atoms with Gasteiger partial charge in [0.15, 0.2) is 0 Å². The number of hydrogen-bond acceptors (Lipinski definition) is 2. The molecule has 1 heterocycles. The first kappa shape index (κ1) is 5.92. The Bertz CT molecular complexity index is 231. The number of H-pyrrole nitrogens is 1. The van der Waals surface area contributed by atoms with Crippen LogP contribution in [0.5, 0.6) is 0 Å². The molecule has 0 radical (unpaired) electrons. The van der Waals surface area contributed by atoms with Crippen LogP contribution in [0.3, 0.4) is 0 Å². The van der Waals surface area contributed by atoms with Gasteiger partial charge in [-0.1, -0.05) is 0 Å². The van der Waals surface area contributed by atoms with Crippen molar-refractivity contribution in [3.63, 3.8) is 0 Å². The lowest BCUT2D eigenvalue weighted by atomic mass is 9.96. The van der Waals surface area contributed by atoms with Crippen molar-refractivity contribution < 1.29 is 5.11 Å². The van der Waals surface area contributed by atoms with Crippen LogP contribution in [-0.2, 0) is 6.42 Å². The molecule has 0 spiro atoms. The van der Waals surface area contributed by atoms with Gasteiger partial charge in [0.1, 0.15) is 0 Å². The third kappa shape index (κ3) is 0.743. The molecule has 10 heavy (non-hydrogen) atoms. The number of aryl methyl sites for hydroxylation is 1. The minimum Gasteiger partial charge on any atom is -0.388 e. The average molecular weight is 138 g/mol. The van der Waals surface area contributed by atoms with E-state index in [0.29, 0.717) is 0 Å². The lowest BCUT2D eigenvalue weighted by Gasteiger charge is -2.14. The van der Waals surface area contributed by atoms with Crippen molar-refractivity contribution in [2.45, 2.75) is 25.4 Å². The molecule has 0 saturated carbocycles. The van der Waals surface area contributed by atoms with E-state index < -0.39 is 0 Å². The number of nitrogens with one attached hydrogen (secondary N) is 1. The SMILES string of the molecule is OC1CCCc2n[nH]cc21. The van der Waals surface area contributed by atoms with Gasteiger partial charge in [0.2, 0.25) is 0 Å². The number of nitrogens with zero attached hydrogens (tertiary/aromatic N) is 1. The molecule has 0 amide bonds. The molecule has 0 bridgehead atoms. The Morgan fingerprint density at radius 1 is 1.70 bits per heavy atom. The van der Waals surface area contributed by atoms with Gasteiger partial charge < -0.3 is 5.11 Å². The fourth-order valence-electron chi connectivity index (χ4n) is 1.43. The maximum absolute atomic E-state index is 9.39. The first-order valence-electron chi connectivity index (χ1n) is 3.58. The molecule has 3 heteroatoms. The normalized spacial score (nSPS) is 24.3. The predicted molar refractivity (Wildman–Crippen MR) is 36.5 cm³/mol. The van der Waals surface area contributed by atoms with Crippen molar-refractivity contribution in [3.8, 4) is 0 Å². The summed E-state index contributed by atoms with van der Waals surface area (Å²) in [4.78, 5) is 0. The number of hydrogen-bond donors (Lipinski definition) is 2. The van der Waals surface area contributed by atoms with Crippen molar-refractivity contribution in [1.82, 2.24) is 10.2 Å². The topological polar surface area (TPSA) is 48.9 Å². The van der Waals surface area contributed by atoms with E-state index in [0.717, 1.165) is 30.5 Å². The number of aromatic nitrogens is 2. The molecule has 2 rings (SSSR count). The zero-order valence-electron chi connectivity index (χ0n) is 5.67. The minimum atomic E-state index is -0.275. The van der Waals surface area contributed by atoms with Gasteiger partial charge in [-0.2, -0.15) is 5.10 Å². The first-order valence-corrected chi connectivity index (χ1v) is 3.58. The van der Waals surface area contributed by atoms with E-state index in [4.69, 9.17) is 0 Å². The molecule has 1 aromatic rings. The minimum absolute atomic E-state index is 0.275. The molecule has 1 atom stereocenters. The van der Waals surface area contributed by atoms with Crippen LogP contribution in [0.15, 0.2) is 6.20 Å². The fourth-order valence-corrected chi connectivity index (χ4v) is 1.43. The fraction of sp³-hybridized carbons (Fsp3) is 0.571. The van der Waals surface area contributed by atoms with Gasteiger partial charge in [-0.15, -0.1) is 0 Å². The van der Waals surface area contributed by atoms with E-state index in [9.17, 15) is 5.11 Å². The third-order valence-corrected chi connectivity index (χ3v) is 2.00. The summed E-state index contributed by atoms with van der Waals surface area (Å²) in [5.74, 6) is 0. The molecule has 0 aliphatic heterocycles. The van der Waals surface area contributed by atoms with Crippen molar-refractivity contribution >= 4 is 0 Å². The average Bonchev–Trinajstić information content (AvgIpc) is 2.36. The zero-order chi connectivity index (χ0) is 6.97. The van der Waals surface area contributed by atoms with Gasteiger partial charge in [0, 0.05) is 11.8 Å². The van der Waals surface area contributed by atoms with E-state index in [1.54, 1.807) is 6.20 Å². The maximum atomic E-state index is 9.39. The summed E-state index contributed by atoms with van der Waals surface area (Å²) < 4.78 is 0. The summed E-state index contributed by atoms with van der Waals surface area (Å²) in [6.07, 6.45) is 4.46. The van der Waals surface area contributed by atoms with E-state index >= 15 is 0 Å². The van der Waals surface area contributed by atoms with Crippen molar-refractivity contribution in [3.05, 3.63) is 17.5 Å². The van der Waals surface area contributed by atoms with Crippen LogP contribution in [0.2, 0.25) is 0 Å². The van der Waals surface area contributed by atoms with Crippen LogP contribution >= 0.6 is 0 Å². The van der Waals surface area contributed by atoms with Crippen LogP contribution in [0.1, 0.15) is 30.2 Å². The quantitative estimate of drug-likeness (QED) is 0.556. The number of rotatable bonds is 0. The second-order valence-corrected chi connectivity index (χ2v) is 2.70. The molecule has 1 aliphatic carbocycles. The maximum Gasteiger partial charge on any atom is 0.0823 e. The Labute approximate surface area is 59.1 Å². The van der Waals surface area contributed by atoms with Crippen LogP contribution in [-0.4, -0.2) is 15.3 Å². The molecule has 2 N–H and O–H groups in total. The summed E-state index contributed by atoms with van der Waals surface area (Å²) in [6.45, 7) is 0. The van der Waals surface area contributed by atoms with Gasteiger partial charge in [0.05, 0.1) is 11.8 Å². The molecule has 0 fully saturated rings. The highest BCUT2D eigenvalue weighted by Gasteiger charge is 2.18. The molecule has 0 saturated heterocycles. The molecule has 1 aromatic heterocycles. The Morgan fingerprint density at radius 2 is 2.60 bits per heavy atom. The molecule has 1 aliphatic rings. The van der Waals surface area contributed by atoms with Gasteiger partial charge in [-0.05, 0) is 19.3 Å². The van der Waals surface area contributed by atoms with Gasteiger partial charge in [0.25, 0.3) is 0 Å². The lowest BCUT2D eigenvalue weighted by Crippen LogP contribution is -2.06. The van der Waals surface area contributed by atoms with Gasteiger partial charge in [-0.3, -0.25) is 5.10 Å². The highest BCUT2D eigenvalue weighted by molar-refractivity contribution is 5.21. The van der Waals surface area contributed by atoms with Crippen LogP contribution in [0, 0.1) is 0 Å². The van der Waals surface area contributed by atoms with E-state index in [-0.39, 0.29) is 6.10 Å². The van der Waals surface area contributed by atoms with Crippen LogP contribution < -0.4 is 0 Å². The smallest absolute Gasteiger partial charge is 0.0823 e. The van der Waals surface area contributed by atoms with Gasteiger partial charge >= 0.3 is 0 Å². The molecular weight excluding hydrogens is 128 g/mol. The standard InChI is InChI=1S/C7H10N2O/c10-7-3-1-2-6-5(7)4-8-9-6/h4,7,10H,1-3H2,(H,8,9). The van der Waals surface area contributed by atoms with Crippen LogP contribution in [0.4, 0.5) is 0 Å². The predicted octanol–water partition coefficient (Wildman–Crippen LogP) is 0.779. The van der Waals surface area contributed by atoms with E-state index in [1.165, 1.54) is 0 Å². The third-order valence-electron chi connectivity index (χ3n) is 2.00. The largest absolute Gasteiger partial charge is 0.388 e. The number of fused-ring (bicyclic) bond motifs is 1. The second-order valence-electron chi connectivity index (χ2n) is 2.70. The number of aliphatic hydroxyl groups is 1. The highest BCUT2D eigenvalue weighted by atomic mass is 16.3. The molecule has 1 unspecified atom stereocenters. The number of aliphatic hydroxyl groups excluding tert-OH is 1. The zero-order valence-corrected chi connectivity index (χ0v) is 5.67. The van der Waals surface area contributed by atoms with Crippen LogP contribution in [0.25, 0.3) is 0 Å². The molecule has 54 valence electrons. The lowest BCUT2D eigenvalue weighted by molar-refractivity contribution is 0.156. The monoisotopic (exact) mass is 138 g/mol. The summed E-state index contributed by atoms with van der Waals surface area (Å²) in [6, 6.07) is 0. The summed E-state index contributed by atoms with van der Waals surface area (Å²) in [7, 11) is 0. The molecule has 3 nitrogen and oxygen atoms in total. The van der Waals surface area contributed by atoms with Crippen molar-refractivity contribution in [2.24, 2.45) is 0 Å². The van der Waals surface area contributed by atoms with E-state index in [2.05, 4.69) is 10.2 Å². The van der Waals surface area contributed by atoms with E-state index in [1.807, 2.05) is 0 Å². The number of aromatic amines is 1. The highest BCUT2D eigenvalue weighted by Crippen LogP contribution is 2.27. The summed E-state index contributed by atoms with van der Waals surface area (Å²) in [5, 5.41) is 16.2. The second kappa shape index (κ2) is 2.09. The Balaban J connectivity index is 2.41. The first-order chi connectivity index (χ1) is 4.88. The summed E-state index contributed by atoms with van der Waals surface area (Å²) >= 11 is 0.